The van der Waals surface area contributed by atoms with Gasteiger partial charge < -0.3 is 14.6 Å². The maximum absolute atomic E-state index is 14.7. The summed E-state index contributed by atoms with van der Waals surface area (Å²) in [6.07, 6.45) is 4.06. The molecule has 2 aliphatic rings. The minimum Gasteiger partial charge on any atom is -0.504 e. The molecule has 0 fully saturated rings. The molecular formula is C21H18FN5O3. The van der Waals surface area contributed by atoms with E-state index < -0.39 is 0 Å². The van der Waals surface area contributed by atoms with Gasteiger partial charge in [-0.05, 0) is 36.6 Å². The van der Waals surface area contributed by atoms with Crippen molar-refractivity contribution in [1.82, 2.24) is 24.4 Å². The van der Waals surface area contributed by atoms with Crippen molar-refractivity contribution in [2.24, 2.45) is 7.05 Å². The lowest BCUT2D eigenvalue weighted by Crippen LogP contribution is -2.13. The number of pyridine rings is 1. The van der Waals surface area contributed by atoms with Crippen LogP contribution in [0, 0.1) is 5.82 Å². The van der Waals surface area contributed by atoms with Crippen molar-refractivity contribution in [1.29, 1.82) is 0 Å². The highest BCUT2D eigenvalue weighted by Crippen LogP contribution is 2.41. The maximum atomic E-state index is 14.7. The molecule has 4 aromatic rings. The molecule has 2 aliphatic heterocycles. The average Bonchev–Trinajstić information content (AvgIpc) is 3.45. The van der Waals surface area contributed by atoms with Crippen LogP contribution in [0.25, 0.3) is 16.9 Å². The second kappa shape index (κ2) is 6.19. The third-order valence-corrected chi connectivity index (χ3v) is 5.97. The summed E-state index contributed by atoms with van der Waals surface area (Å²) in [7, 11) is 1.75. The average molecular weight is 407 g/mol. The van der Waals surface area contributed by atoms with Crippen molar-refractivity contribution in [3.8, 4) is 28.5 Å². The van der Waals surface area contributed by atoms with Crippen LogP contribution < -0.4 is 9.47 Å². The molecule has 0 aliphatic carbocycles. The second-order valence-electron chi connectivity index (χ2n) is 7.65. The number of hydrogen-bond acceptors (Lipinski definition) is 6. The Labute approximate surface area is 170 Å². The first-order valence-electron chi connectivity index (χ1n) is 9.75. The van der Waals surface area contributed by atoms with Crippen LogP contribution in [-0.2, 0) is 19.9 Å². The van der Waals surface area contributed by atoms with Gasteiger partial charge >= 0.3 is 0 Å². The largest absolute Gasteiger partial charge is 0.504 e. The van der Waals surface area contributed by atoms with Crippen LogP contribution in [0.2, 0.25) is 0 Å². The monoisotopic (exact) mass is 407 g/mol. The van der Waals surface area contributed by atoms with Crippen LogP contribution in [0.15, 0.2) is 30.7 Å². The van der Waals surface area contributed by atoms with E-state index in [2.05, 4.69) is 15.3 Å². The zero-order chi connectivity index (χ0) is 20.4. The Kier molecular flexibility index (Phi) is 3.56. The number of aryl methyl sites for hydroxylation is 2. The van der Waals surface area contributed by atoms with Gasteiger partial charge in [0.15, 0.2) is 11.4 Å². The number of aromatic nitrogens is 5. The van der Waals surface area contributed by atoms with E-state index >= 15 is 0 Å². The van der Waals surface area contributed by atoms with E-state index in [9.17, 15) is 9.50 Å². The molecule has 6 rings (SSSR count). The summed E-state index contributed by atoms with van der Waals surface area (Å²) in [4.78, 5) is 0. The smallest absolute Gasteiger partial charge is 0.170 e. The predicted molar refractivity (Wildman–Crippen MR) is 104 cm³/mol. The van der Waals surface area contributed by atoms with E-state index in [4.69, 9.17) is 9.47 Å². The van der Waals surface area contributed by atoms with Gasteiger partial charge in [0.1, 0.15) is 29.3 Å². The molecule has 0 saturated heterocycles. The normalized spacial score (nSPS) is 17.5. The van der Waals surface area contributed by atoms with Crippen LogP contribution >= 0.6 is 0 Å². The molecule has 0 bridgehead atoms. The molecule has 0 radical (unpaired) electrons. The van der Waals surface area contributed by atoms with Gasteiger partial charge in [-0.25, -0.2) is 4.39 Å². The van der Waals surface area contributed by atoms with E-state index in [1.165, 1.54) is 12.3 Å². The number of halogens is 1. The number of rotatable bonds is 1. The molecule has 8 nitrogen and oxygen atoms in total. The van der Waals surface area contributed by atoms with Crippen molar-refractivity contribution >= 4 is 5.65 Å². The Morgan fingerprint density at radius 1 is 1.17 bits per heavy atom. The van der Waals surface area contributed by atoms with Gasteiger partial charge in [0.05, 0.1) is 36.6 Å². The van der Waals surface area contributed by atoms with Gasteiger partial charge in [-0.3, -0.25) is 9.08 Å². The summed E-state index contributed by atoms with van der Waals surface area (Å²) < 4.78 is 30.2. The van der Waals surface area contributed by atoms with E-state index in [0.29, 0.717) is 54.3 Å². The van der Waals surface area contributed by atoms with E-state index in [-0.39, 0.29) is 17.5 Å². The lowest BCUT2D eigenvalue weighted by atomic mass is 9.93. The van der Waals surface area contributed by atoms with Gasteiger partial charge in [-0.15, -0.1) is 10.2 Å². The van der Waals surface area contributed by atoms with Gasteiger partial charge in [0.25, 0.3) is 0 Å². The van der Waals surface area contributed by atoms with Gasteiger partial charge in [0.2, 0.25) is 0 Å². The minimum absolute atomic E-state index is 0.0400. The van der Waals surface area contributed by atoms with Crippen LogP contribution in [0.1, 0.15) is 22.7 Å². The Balaban J connectivity index is 1.54. The summed E-state index contributed by atoms with van der Waals surface area (Å²) in [6, 6.07) is 5.03. The summed E-state index contributed by atoms with van der Waals surface area (Å²) in [5, 5.41) is 22.8. The molecular weight excluding hydrogens is 389 g/mol. The molecule has 5 heterocycles. The van der Waals surface area contributed by atoms with Gasteiger partial charge in [-0.1, -0.05) is 0 Å². The number of hydrogen-bond donors (Lipinski definition) is 1. The van der Waals surface area contributed by atoms with Crippen molar-refractivity contribution in [3.05, 3.63) is 53.4 Å². The van der Waals surface area contributed by atoms with E-state index in [0.717, 1.165) is 17.0 Å². The number of fused-ring (bicyclic) bond motifs is 3. The first-order valence-corrected chi connectivity index (χ1v) is 9.75. The topological polar surface area (TPSA) is 86.7 Å². The fourth-order valence-electron chi connectivity index (χ4n) is 4.58. The predicted octanol–water partition coefficient (Wildman–Crippen LogP) is 2.63. The van der Waals surface area contributed by atoms with Crippen LogP contribution in [-0.4, -0.2) is 42.7 Å². The summed E-state index contributed by atoms with van der Waals surface area (Å²) in [5.74, 6) is 1.18. The molecule has 30 heavy (non-hydrogen) atoms. The van der Waals surface area contributed by atoms with Crippen molar-refractivity contribution in [2.75, 3.05) is 13.2 Å². The van der Waals surface area contributed by atoms with E-state index in [1.807, 2.05) is 10.5 Å². The van der Waals surface area contributed by atoms with E-state index in [1.54, 1.807) is 24.1 Å². The van der Waals surface area contributed by atoms with Crippen LogP contribution in [0.5, 0.6) is 17.2 Å². The Morgan fingerprint density at radius 2 is 2.00 bits per heavy atom. The molecule has 9 heteroatoms. The highest BCUT2D eigenvalue weighted by molar-refractivity contribution is 5.80. The first-order chi connectivity index (χ1) is 14.6. The first kappa shape index (κ1) is 17.3. The van der Waals surface area contributed by atoms with Crippen molar-refractivity contribution < 1.29 is 19.0 Å². The Bertz CT molecular complexity index is 1290. The number of ether oxygens (including phenoxy) is 2. The SMILES string of the molecule is Cn1ncc(O)c1-c1cc2c(n3cnnc13)CCc1c(F)ccc3c1[C@H](CO3)CO2. The summed E-state index contributed by atoms with van der Waals surface area (Å²) in [6.45, 7) is 0.826. The molecule has 1 aromatic carbocycles. The fourth-order valence-corrected chi connectivity index (χ4v) is 4.58. The summed E-state index contributed by atoms with van der Waals surface area (Å²) in [5.41, 5.74) is 4.22. The molecule has 3 aromatic heterocycles. The Morgan fingerprint density at radius 3 is 2.80 bits per heavy atom. The lowest BCUT2D eigenvalue weighted by Gasteiger charge is -2.16. The van der Waals surface area contributed by atoms with Crippen LogP contribution in [0.4, 0.5) is 4.39 Å². The molecule has 0 saturated carbocycles. The third kappa shape index (κ3) is 2.35. The minimum atomic E-state index is -0.218. The molecule has 1 N–H and O–H groups in total. The van der Waals surface area contributed by atoms with Crippen molar-refractivity contribution in [2.45, 2.75) is 18.8 Å². The molecule has 152 valence electrons. The third-order valence-electron chi connectivity index (χ3n) is 5.97. The van der Waals surface area contributed by atoms with Gasteiger partial charge in [-0.2, -0.15) is 5.10 Å². The quantitative estimate of drug-likeness (QED) is 0.522. The molecule has 0 amide bonds. The number of nitrogens with zero attached hydrogens (tertiary/aromatic N) is 5. The molecule has 1 atom stereocenters. The highest BCUT2D eigenvalue weighted by atomic mass is 19.1. The standard InChI is InChI=1S/C21H18FN5O3/c1-26-20(16(28)7-24-26)13-6-18-15(27-10-23-25-21(13)27)4-2-12-14(22)3-5-17-19(12)11(8-29-17)9-30-18/h3,5-7,10-11,28H,2,4,8-9H2,1H3/t11-/m1/s1. The highest BCUT2D eigenvalue weighted by Gasteiger charge is 2.32. The van der Waals surface area contributed by atoms with Gasteiger partial charge in [0, 0.05) is 12.6 Å². The number of aromatic hydroxyl groups is 1. The molecule has 0 spiro atoms. The van der Waals surface area contributed by atoms with Crippen molar-refractivity contribution in [3.63, 3.8) is 0 Å². The zero-order valence-corrected chi connectivity index (χ0v) is 16.2. The lowest BCUT2D eigenvalue weighted by molar-refractivity contribution is 0.246. The Hall–Kier alpha value is -3.62. The van der Waals surface area contributed by atoms with Crippen LogP contribution in [0.3, 0.4) is 0 Å². The summed E-state index contributed by atoms with van der Waals surface area (Å²) >= 11 is 0. The second-order valence-corrected chi connectivity index (χ2v) is 7.65. The maximum Gasteiger partial charge on any atom is 0.170 e. The number of benzene rings is 1. The zero-order valence-electron chi connectivity index (χ0n) is 16.2. The fraction of sp³-hybridized carbons (Fsp3) is 0.286. The molecule has 0 unspecified atom stereocenters.